The fourth-order valence-electron chi connectivity index (χ4n) is 2.94. The molecule has 2 aromatic rings. The fourth-order valence-corrected chi connectivity index (χ4v) is 2.94. The molecule has 3 rings (SSSR count). The Morgan fingerprint density at radius 1 is 1.22 bits per heavy atom. The standard InChI is InChI=1S/C19H22N2O2/c1-19(18(20)22)12-11-17(21-19)15-7-9-16(10-8-15)23-13-14-5-3-2-4-6-14/h2-10,17,21H,11-13H2,1H3,(H2,20,22)/t17-,19+/m0/s1. The van der Waals surface area contributed by atoms with Gasteiger partial charge in [0.05, 0.1) is 5.54 Å². The highest BCUT2D eigenvalue weighted by Crippen LogP contribution is 2.33. The fraction of sp³-hybridized carbons (Fsp3) is 0.316. The summed E-state index contributed by atoms with van der Waals surface area (Å²) in [6, 6.07) is 18.3. The first-order valence-electron chi connectivity index (χ1n) is 7.91. The third-order valence-corrected chi connectivity index (χ3v) is 4.50. The second-order valence-electron chi connectivity index (χ2n) is 6.28. The van der Waals surface area contributed by atoms with Gasteiger partial charge in [0, 0.05) is 6.04 Å². The summed E-state index contributed by atoms with van der Waals surface area (Å²) in [5, 5.41) is 3.35. The number of carbonyl (C=O) groups is 1. The second-order valence-corrected chi connectivity index (χ2v) is 6.28. The average molecular weight is 310 g/mol. The number of amides is 1. The van der Waals surface area contributed by atoms with Crippen molar-refractivity contribution in [2.24, 2.45) is 5.73 Å². The lowest BCUT2D eigenvalue weighted by Gasteiger charge is -2.22. The van der Waals surface area contributed by atoms with Gasteiger partial charge in [-0.2, -0.15) is 0 Å². The quantitative estimate of drug-likeness (QED) is 0.892. The van der Waals surface area contributed by atoms with E-state index in [0.29, 0.717) is 6.61 Å². The number of carbonyl (C=O) groups excluding carboxylic acids is 1. The summed E-state index contributed by atoms with van der Waals surface area (Å²) in [5.41, 5.74) is 7.17. The molecular weight excluding hydrogens is 288 g/mol. The van der Waals surface area contributed by atoms with Gasteiger partial charge >= 0.3 is 0 Å². The molecule has 1 aliphatic heterocycles. The van der Waals surface area contributed by atoms with Crippen LogP contribution in [0.4, 0.5) is 0 Å². The summed E-state index contributed by atoms with van der Waals surface area (Å²) in [6.45, 7) is 2.42. The third kappa shape index (κ3) is 3.54. The third-order valence-electron chi connectivity index (χ3n) is 4.50. The molecule has 1 heterocycles. The van der Waals surface area contributed by atoms with Crippen LogP contribution in [0.2, 0.25) is 0 Å². The Morgan fingerprint density at radius 2 is 1.91 bits per heavy atom. The van der Waals surface area contributed by atoms with E-state index in [0.717, 1.165) is 29.7 Å². The summed E-state index contributed by atoms with van der Waals surface area (Å²) in [5.74, 6) is 0.552. The minimum absolute atomic E-state index is 0.163. The van der Waals surface area contributed by atoms with E-state index < -0.39 is 5.54 Å². The Kier molecular flexibility index (Phi) is 4.35. The molecule has 2 aromatic carbocycles. The predicted molar refractivity (Wildman–Crippen MR) is 89.9 cm³/mol. The van der Waals surface area contributed by atoms with Gasteiger partial charge in [0.2, 0.25) is 5.91 Å². The normalized spacial score (nSPS) is 23.6. The van der Waals surface area contributed by atoms with Crippen molar-refractivity contribution in [3.05, 3.63) is 65.7 Å². The first-order chi connectivity index (χ1) is 11.1. The molecule has 0 bridgehead atoms. The lowest BCUT2D eigenvalue weighted by Crippen LogP contribution is -2.49. The van der Waals surface area contributed by atoms with Crippen LogP contribution in [0.3, 0.4) is 0 Å². The summed E-state index contributed by atoms with van der Waals surface area (Å²) < 4.78 is 5.79. The number of hydrogen-bond acceptors (Lipinski definition) is 3. The van der Waals surface area contributed by atoms with Crippen LogP contribution >= 0.6 is 0 Å². The van der Waals surface area contributed by atoms with Crippen LogP contribution in [0.25, 0.3) is 0 Å². The van der Waals surface area contributed by atoms with E-state index in [-0.39, 0.29) is 11.9 Å². The monoisotopic (exact) mass is 310 g/mol. The molecule has 120 valence electrons. The van der Waals surface area contributed by atoms with Gasteiger partial charge in [0.1, 0.15) is 12.4 Å². The van der Waals surface area contributed by atoms with E-state index >= 15 is 0 Å². The van der Waals surface area contributed by atoms with Crippen LogP contribution in [0.5, 0.6) is 5.75 Å². The molecule has 0 radical (unpaired) electrons. The first kappa shape index (κ1) is 15.6. The maximum Gasteiger partial charge on any atom is 0.237 e. The van der Waals surface area contributed by atoms with Crippen molar-refractivity contribution in [2.45, 2.75) is 38.0 Å². The lowest BCUT2D eigenvalue weighted by molar-refractivity contribution is -0.123. The van der Waals surface area contributed by atoms with Crippen LogP contribution < -0.4 is 15.8 Å². The maximum atomic E-state index is 11.5. The molecule has 1 saturated heterocycles. The van der Waals surface area contributed by atoms with Gasteiger partial charge in [-0.15, -0.1) is 0 Å². The minimum atomic E-state index is -0.604. The minimum Gasteiger partial charge on any atom is -0.489 e. The molecule has 3 N–H and O–H groups in total. The van der Waals surface area contributed by atoms with Crippen LogP contribution in [0.15, 0.2) is 54.6 Å². The molecule has 0 spiro atoms. The molecule has 23 heavy (non-hydrogen) atoms. The Bertz CT molecular complexity index is 670. The van der Waals surface area contributed by atoms with Gasteiger partial charge < -0.3 is 10.5 Å². The van der Waals surface area contributed by atoms with Crippen molar-refractivity contribution < 1.29 is 9.53 Å². The predicted octanol–water partition coefficient (Wildman–Crippen LogP) is 2.93. The van der Waals surface area contributed by atoms with Gasteiger partial charge in [0.15, 0.2) is 0 Å². The largest absolute Gasteiger partial charge is 0.489 e. The van der Waals surface area contributed by atoms with Crippen molar-refractivity contribution in [2.75, 3.05) is 0 Å². The Labute approximate surface area is 136 Å². The van der Waals surface area contributed by atoms with Gasteiger partial charge in [-0.1, -0.05) is 42.5 Å². The molecule has 1 aliphatic rings. The summed E-state index contributed by atoms with van der Waals surface area (Å²) >= 11 is 0. The van der Waals surface area contributed by atoms with Crippen molar-refractivity contribution in [1.29, 1.82) is 0 Å². The van der Waals surface area contributed by atoms with Crippen molar-refractivity contribution in [3.63, 3.8) is 0 Å². The highest BCUT2D eigenvalue weighted by atomic mass is 16.5. The number of primary amides is 1. The van der Waals surface area contributed by atoms with Crippen LogP contribution in [0, 0.1) is 0 Å². The zero-order valence-corrected chi connectivity index (χ0v) is 13.3. The van der Waals surface area contributed by atoms with E-state index in [9.17, 15) is 4.79 Å². The highest BCUT2D eigenvalue weighted by molar-refractivity contribution is 5.84. The Balaban J connectivity index is 1.61. The van der Waals surface area contributed by atoms with E-state index in [4.69, 9.17) is 10.5 Å². The van der Waals surface area contributed by atoms with Crippen LogP contribution in [-0.4, -0.2) is 11.4 Å². The van der Waals surface area contributed by atoms with Gasteiger partial charge in [0.25, 0.3) is 0 Å². The smallest absolute Gasteiger partial charge is 0.237 e. The SMILES string of the molecule is C[C@]1(C(N)=O)CC[C@@H](c2ccc(OCc3ccccc3)cc2)N1. The number of nitrogens with one attached hydrogen (secondary N) is 1. The van der Waals surface area contributed by atoms with Gasteiger partial charge in [-0.3, -0.25) is 10.1 Å². The van der Waals surface area contributed by atoms with E-state index in [1.807, 2.05) is 61.5 Å². The second kappa shape index (κ2) is 6.42. The average Bonchev–Trinajstić information content (AvgIpc) is 2.98. The zero-order chi connectivity index (χ0) is 16.3. The Hall–Kier alpha value is -2.33. The number of nitrogens with two attached hydrogens (primary N) is 1. The molecule has 0 unspecified atom stereocenters. The number of rotatable bonds is 5. The van der Waals surface area contributed by atoms with Crippen molar-refractivity contribution in [1.82, 2.24) is 5.32 Å². The summed E-state index contributed by atoms with van der Waals surface area (Å²) in [4.78, 5) is 11.5. The molecule has 0 aliphatic carbocycles. The van der Waals surface area contributed by atoms with E-state index in [1.165, 1.54) is 0 Å². The zero-order valence-electron chi connectivity index (χ0n) is 13.3. The molecule has 4 nitrogen and oxygen atoms in total. The maximum absolute atomic E-state index is 11.5. The molecule has 2 atom stereocenters. The van der Waals surface area contributed by atoms with Crippen molar-refractivity contribution in [3.8, 4) is 5.75 Å². The summed E-state index contributed by atoms with van der Waals surface area (Å²) in [7, 11) is 0. The van der Waals surface area contributed by atoms with Crippen LogP contribution in [-0.2, 0) is 11.4 Å². The van der Waals surface area contributed by atoms with Gasteiger partial charge in [-0.25, -0.2) is 0 Å². The molecule has 1 amide bonds. The van der Waals surface area contributed by atoms with Gasteiger partial charge in [-0.05, 0) is 43.0 Å². The molecular formula is C19H22N2O2. The summed E-state index contributed by atoms with van der Waals surface area (Å²) in [6.07, 6.45) is 1.67. The van der Waals surface area contributed by atoms with E-state index in [1.54, 1.807) is 0 Å². The molecule has 0 aromatic heterocycles. The van der Waals surface area contributed by atoms with Crippen LogP contribution in [0.1, 0.15) is 36.9 Å². The highest BCUT2D eigenvalue weighted by Gasteiger charge is 2.39. The molecule has 4 heteroatoms. The lowest BCUT2D eigenvalue weighted by atomic mass is 9.99. The van der Waals surface area contributed by atoms with E-state index in [2.05, 4.69) is 5.32 Å². The number of benzene rings is 2. The number of ether oxygens (including phenoxy) is 1. The Morgan fingerprint density at radius 3 is 2.52 bits per heavy atom. The molecule has 0 saturated carbocycles. The first-order valence-corrected chi connectivity index (χ1v) is 7.91. The molecule has 1 fully saturated rings. The van der Waals surface area contributed by atoms with Crippen molar-refractivity contribution >= 4 is 5.91 Å². The topological polar surface area (TPSA) is 64.4 Å². The number of hydrogen-bond donors (Lipinski definition) is 2.